The number of nitrogens with two attached hydrogens (primary N) is 1. The molecule has 2 heteroatoms. The Morgan fingerprint density at radius 3 is 3.08 bits per heavy atom. The minimum atomic E-state index is 0.964. The van der Waals surface area contributed by atoms with Crippen LogP contribution in [0.3, 0.4) is 0 Å². The average Bonchev–Trinajstić information content (AvgIpc) is 2.04. The number of aryl methyl sites for hydroxylation is 1. The highest BCUT2D eigenvalue weighted by molar-refractivity contribution is 5.54. The molecule has 1 heterocycles. The predicted molar refractivity (Wildman–Crippen MR) is 51.0 cm³/mol. The van der Waals surface area contributed by atoms with Gasteiger partial charge in [0.05, 0.1) is 0 Å². The third kappa shape index (κ3) is 1.18. The molecule has 64 valence electrons. The summed E-state index contributed by atoms with van der Waals surface area (Å²) >= 11 is 0. The maximum atomic E-state index is 5.91. The van der Waals surface area contributed by atoms with E-state index in [-0.39, 0.29) is 0 Å². The molecule has 0 bridgehead atoms. The molecule has 0 fully saturated rings. The van der Waals surface area contributed by atoms with Crippen LogP contribution >= 0.6 is 0 Å². The normalized spacial score (nSPS) is 15.8. The van der Waals surface area contributed by atoms with Gasteiger partial charge in [0.15, 0.2) is 0 Å². The molecule has 0 saturated heterocycles. The van der Waals surface area contributed by atoms with Gasteiger partial charge in [-0.25, -0.2) is 0 Å². The lowest BCUT2D eigenvalue weighted by molar-refractivity contribution is 0.644. The smallest absolute Gasteiger partial charge is 0.0352 e. The van der Waals surface area contributed by atoms with Crippen LogP contribution in [-0.4, -0.2) is 6.54 Å². The first kappa shape index (κ1) is 7.62. The van der Waals surface area contributed by atoms with E-state index in [9.17, 15) is 0 Å². The maximum absolute atomic E-state index is 5.91. The largest absolute Gasteiger partial charge is 0.398 e. The van der Waals surface area contributed by atoms with Crippen molar-refractivity contribution in [2.75, 3.05) is 12.3 Å². The fourth-order valence-electron chi connectivity index (χ4n) is 1.82. The van der Waals surface area contributed by atoms with E-state index in [4.69, 9.17) is 5.73 Å². The molecular weight excluding hydrogens is 148 g/mol. The van der Waals surface area contributed by atoms with Crippen molar-refractivity contribution in [2.45, 2.75) is 19.9 Å². The van der Waals surface area contributed by atoms with Crippen molar-refractivity contribution in [3.05, 3.63) is 28.8 Å². The average molecular weight is 162 g/mol. The summed E-state index contributed by atoms with van der Waals surface area (Å²) in [4.78, 5) is 0. The molecule has 2 nitrogen and oxygen atoms in total. The van der Waals surface area contributed by atoms with Crippen LogP contribution in [0.1, 0.15) is 16.7 Å². The van der Waals surface area contributed by atoms with E-state index >= 15 is 0 Å². The quantitative estimate of drug-likeness (QED) is 0.563. The third-order valence-corrected chi connectivity index (χ3v) is 2.39. The van der Waals surface area contributed by atoms with Gasteiger partial charge in [-0.3, -0.25) is 0 Å². The molecule has 0 spiro atoms. The van der Waals surface area contributed by atoms with Crippen molar-refractivity contribution < 1.29 is 0 Å². The maximum Gasteiger partial charge on any atom is 0.0352 e. The summed E-state index contributed by atoms with van der Waals surface area (Å²) in [5.74, 6) is 0. The molecule has 0 saturated carbocycles. The minimum Gasteiger partial charge on any atom is -0.398 e. The van der Waals surface area contributed by atoms with Gasteiger partial charge < -0.3 is 11.1 Å². The van der Waals surface area contributed by atoms with Gasteiger partial charge in [-0.1, -0.05) is 6.07 Å². The van der Waals surface area contributed by atoms with Crippen LogP contribution in [0.15, 0.2) is 12.1 Å². The summed E-state index contributed by atoms with van der Waals surface area (Å²) in [6.45, 7) is 4.12. The first-order valence-electron chi connectivity index (χ1n) is 4.36. The summed E-state index contributed by atoms with van der Waals surface area (Å²) < 4.78 is 0. The summed E-state index contributed by atoms with van der Waals surface area (Å²) in [7, 11) is 0. The number of hydrogen-bond donors (Lipinski definition) is 2. The predicted octanol–water partition coefficient (Wildman–Crippen LogP) is 1.22. The molecule has 0 aromatic heterocycles. The van der Waals surface area contributed by atoms with E-state index in [1.54, 1.807) is 0 Å². The Kier molecular flexibility index (Phi) is 1.77. The van der Waals surface area contributed by atoms with Crippen molar-refractivity contribution in [3.8, 4) is 0 Å². The van der Waals surface area contributed by atoms with E-state index in [0.29, 0.717) is 0 Å². The molecule has 2 rings (SSSR count). The van der Waals surface area contributed by atoms with Crippen molar-refractivity contribution in [3.63, 3.8) is 0 Å². The van der Waals surface area contributed by atoms with Gasteiger partial charge in [-0.05, 0) is 42.6 Å². The summed E-state index contributed by atoms with van der Waals surface area (Å²) in [6.07, 6.45) is 1.07. The summed E-state index contributed by atoms with van der Waals surface area (Å²) in [5.41, 5.74) is 10.9. The molecule has 1 aliphatic rings. The van der Waals surface area contributed by atoms with Crippen molar-refractivity contribution in [1.29, 1.82) is 0 Å². The Morgan fingerprint density at radius 1 is 1.42 bits per heavy atom. The standard InChI is InChI=1S/C10H14N2/c1-7-4-8-6-12-3-2-9(8)10(11)5-7/h4-5,12H,2-3,6,11H2,1H3. The zero-order chi connectivity index (χ0) is 8.55. The van der Waals surface area contributed by atoms with Gasteiger partial charge >= 0.3 is 0 Å². The van der Waals surface area contributed by atoms with Gasteiger partial charge in [0, 0.05) is 12.2 Å². The first-order chi connectivity index (χ1) is 5.77. The molecule has 3 N–H and O–H groups in total. The van der Waals surface area contributed by atoms with Crippen LogP contribution in [-0.2, 0) is 13.0 Å². The van der Waals surface area contributed by atoms with E-state index in [2.05, 4.69) is 24.4 Å². The van der Waals surface area contributed by atoms with Crippen molar-refractivity contribution in [2.24, 2.45) is 0 Å². The Labute approximate surface area is 72.8 Å². The topological polar surface area (TPSA) is 38.0 Å². The Bertz CT molecular complexity index is 305. The zero-order valence-electron chi connectivity index (χ0n) is 7.35. The molecule has 1 aromatic carbocycles. The number of fused-ring (bicyclic) bond motifs is 1. The van der Waals surface area contributed by atoms with Crippen LogP contribution < -0.4 is 11.1 Å². The van der Waals surface area contributed by atoms with E-state index in [1.165, 1.54) is 16.7 Å². The van der Waals surface area contributed by atoms with E-state index in [0.717, 1.165) is 25.2 Å². The molecule has 0 radical (unpaired) electrons. The lowest BCUT2D eigenvalue weighted by Crippen LogP contribution is -2.24. The van der Waals surface area contributed by atoms with Gasteiger partial charge in [0.1, 0.15) is 0 Å². The Morgan fingerprint density at radius 2 is 2.25 bits per heavy atom. The van der Waals surface area contributed by atoms with Gasteiger partial charge in [0.2, 0.25) is 0 Å². The lowest BCUT2D eigenvalue weighted by Gasteiger charge is -2.19. The highest BCUT2D eigenvalue weighted by Gasteiger charge is 2.11. The highest BCUT2D eigenvalue weighted by Crippen LogP contribution is 2.22. The molecule has 0 unspecified atom stereocenters. The van der Waals surface area contributed by atoms with Crippen LogP contribution in [0.25, 0.3) is 0 Å². The van der Waals surface area contributed by atoms with Crippen LogP contribution in [0.4, 0.5) is 5.69 Å². The number of hydrogen-bond acceptors (Lipinski definition) is 2. The molecule has 0 aliphatic carbocycles. The number of rotatable bonds is 0. The highest BCUT2D eigenvalue weighted by atomic mass is 14.9. The second-order valence-electron chi connectivity index (χ2n) is 3.42. The first-order valence-corrected chi connectivity index (χ1v) is 4.36. The van der Waals surface area contributed by atoms with Gasteiger partial charge in [-0.15, -0.1) is 0 Å². The third-order valence-electron chi connectivity index (χ3n) is 2.39. The van der Waals surface area contributed by atoms with E-state index in [1.807, 2.05) is 0 Å². The number of anilines is 1. The zero-order valence-corrected chi connectivity index (χ0v) is 7.35. The molecule has 0 atom stereocenters. The molecule has 0 amide bonds. The van der Waals surface area contributed by atoms with Gasteiger partial charge in [0.25, 0.3) is 0 Å². The lowest BCUT2D eigenvalue weighted by atomic mass is 9.97. The van der Waals surface area contributed by atoms with Crippen LogP contribution in [0, 0.1) is 6.92 Å². The molecule has 1 aromatic rings. The Hall–Kier alpha value is -1.02. The SMILES string of the molecule is Cc1cc(N)c2c(c1)CNCC2. The fraction of sp³-hybridized carbons (Fsp3) is 0.400. The summed E-state index contributed by atoms with van der Waals surface area (Å²) in [5, 5.41) is 3.34. The molecule has 12 heavy (non-hydrogen) atoms. The second kappa shape index (κ2) is 2.79. The molecular formula is C10H14N2. The van der Waals surface area contributed by atoms with Crippen molar-refractivity contribution in [1.82, 2.24) is 5.32 Å². The van der Waals surface area contributed by atoms with Crippen LogP contribution in [0.2, 0.25) is 0 Å². The minimum absolute atomic E-state index is 0.964. The second-order valence-corrected chi connectivity index (χ2v) is 3.42. The Balaban J connectivity index is 2.53. The fourth-order valence-corrected chi connectivity index (χ4v) is 1.82. The van der Waals surface area contributed by atoms with Gasteiger partial charge in [-0.2, -0.15) is 0 Å². The number of nitrogens with one attached hydrogen (secondary N) is 1. The van der Waals surface area contributed by atoms with Crippen LogP contribution in [0.5, 0.6) is 0 Å². The van der Waals surface area contributed by atoms with E-state index < -0.39 is 0 Å². The number of benzene rings is 1. The number of nitrogen functional groups attached to an aromatic ring is 1. The molecule has 1 aliphatic heterocycles. The van der Waals surface area contributed by atoms with Crippen molar-refractivity contribution >= 4 is 5.69 Å². The monoisotopic (exact) mass is 162 g/mol. The summed E-state index contributed by atoms with van der Waals surface area (Å²) in [6, 6.07) is 4.28.